The molecule has 4 atom stereocenters. The van der Waals surface area contributed by atoms with Gasteiger partial charge in [0.05, 0.1) is 34.4 Å². The summed E-state index contributed by atoms with van der Waals surface area (Å²) in [4.78, 5) is 40.5. The Morgan fingerprint density at radius 3 is 2.69 bits per heavy atom. The molecule has 0 bridgehead atoms. The molecule has 2 aliphatic rings. The van der Waals surface area contributed by atoms with Gasteiger partial charge in [-0.3, -0.25) is 14.9 Å². The molecule has 5 rings (SSSR count). The number of aryl methyl sites for hydroxylation is 1. The number of rotatable bonds is 10. The predicted octanol–water partition coefficient (Wildman–Crippen LogP) is 4.06. The number of nitro benzene ring substituents is 1. The molecule has 0 radical (unpaired) electrons. The third-order valence-corrected chi connectivity index (χ3v) is 10.1. The van der Waals surface area contributed by atoms with Gasteiger partial charge in [0.15, 0.2) is 0 Å². The van der Waals surface area contributed by atoms with E-state index in [0.717, 1.165) is 37.7 Å². The zero-order chi connectivity index (χ0) is 28.0. The molecule has 1 saturated heterocycles. The van der Waals surface area contributed by atoms with Gasteiger partial charge in [-0.05, 0) is 37.3 Å². The second-order valence-corrected chi connectivity index (χ2v) is 12.6. The molecule has 2 aliphatic heterocycles. The zero-order valence-electron chi connectivity index (χ0n) is 21.6. The van der Waals surface area contributed by atoms with E-state index in [1.165, 1.54) is 17.0 Å². The Balaban J connectivity index is 1.50. The SMILES string of the molecule is CSc1c2sc(C3=C(C(=O)OCc4ccc([N+](=O)[O-])cc4)N4C(=O)[C@H]([C@@H](C)O)[C@H]4[C@H]3C)cn2c[n+]1CCCI. The number of halogens is 1. The summed E-state index contributed by atoms with van der Waals surface area (Å²) in [6.07, 6.45) is 6.35. The summed E-state index contributed by atoms with van der Waals surface area (Å²) in [5.74, 6) is -1.69. The highest BCUT2D eigenvalue weighted by Crippen LogP contribution is 2.52. The second-order valence-electron chi connectivity index (χ2n) is 9.68. The number of benzene rings is 1. The van der Waals surface area contributed by atoms with Gasteiger partial charge in [-0.1, -0.05) is 52.6 Å². The molecule has 0 saturated carbocycles. The summed E-state index contributed by atoms with van der Waals surface area (Å²) in [5.41, 5.74) is 1.50. The first-order valence-electron chi connectivity index (χ1n) is 12.5. The minimum atomic E-state index is -0.836. The van der Waals surface area contributed by atoms with E-state index in [0.29, 0.717) is 5.56 Å². The number of hydrogen-bond donors (Lipinski definition) is 1. The normalized spacial score (nSPS) is 21.3. The number of thioether (sulfide) groups is 1. The summed E-state index contributed by atoms with van der Waals surface area (Å²) >= 11 is 5.63. The Morgan fingerprint density at radius 1 is 1.36 bits per heavy atom. The maximum atomic E-state index is 13.5. The van der Waals surface area contributed by atoms with Crippen LogP contribution in [0, 0.1) is 22.0 Å². The highest BCUT2D eigenvalue weighted by atomic mass is 127. The fraction of sp³-hybridized carbons (Fsp3) is 0.423. The Kier molecular flexibility index (Phi) is 8.04. The number of nitro groups is 1. The number of carbonyl (C=O) groups excluding carboxylic acids is 2. The van der Waals surface area contributed by atoms with Gasteiger partial charge in [0.1, 0.15) is 18.5 Å². The van der Waals surface area contributed by atoms with Gasteiger partial charge in [-0.25, -0.2) is 9.36 Å². The quantitative estimate of drug-likeness (QED) is 0.0501. The highest BCUT2D eigenvalue weighted by molar-refractivity contribution is 14.1. The molecular formula is C26H28IN4O6S2+. The summed E-state index contributed by atoms with van der Waals surface area (Å²) in [6.45, 7) is 4.42. The lowest BCUT2D eigenvalue weighted by molar-refractivity contribution is -0.729. The van der Waals surface area contributed by atoms with E-state index in [2.05, 4.69) is 37.9 Å². The van der Waals surface area contributed by atoms with Crippen molar-refractivity contribution in [2.45, 2.75) is 50.6 Å². The average molecular weight is 684 g/mol. The zero-order valence-corrected chi connectivity index (χ0v) is 25.4. The summed E-state index contributed by atoms with van der Waals surface area (Å²) < 4.78 is 11.0. The Labute approximate surface area is 246 Å². The number of ether oxygens (including phenoxy) is 1. The number of esters is 1. The van der Waals surface area contributed by atoms with Crippen LogP contribution in [0.25, 0.3) is 10.4 Å². The van der Waals surface area contributed by atoms with Crippen molar-refractivity contribution in [1.29, 1.82) is 0 Å². The lowest BCUT2D eigenvalue weighted by Gasteiger charge is -2.46. The van der Waals surface area contributed by atoms with Crippen molar-refractivity contribution in [3.05, 3.63) is 63.0 Å². The summed E-state index contributed by atoms with van der Waals surface area (Å²) in [7, 11) is 0. The molecule has 1 aromatic carbocycles. The molecule has 1 N–H and O–H groups in total. The summed E-state index contributed by atoms with van der Waals surface area (Å²) in [6, 6.07) is 5.47. The second kappa shape index (κ2) is 11.2. The lowest BCUT2D eigenvalue weighted by atomic mass is 9.77. The highest BCUT2D eigenvalue weighted by Gasteiger charge is 2.60. The van der Waals surface area contributed by atoms with Crippen LogP contribution in [0.2, 0.25) is 0 Å². The van der Waals surface area contributed by atoms with Gasteiger partial charge in [0.2, 0.25) is 15.8 Å². The topological polar surface area (TPSA) is 118 Å². The molecule has 3 aromatic rings. The number of aliphatic hydroxyl groups excluding tert-OH is 1. The first-order chi connectivity index (χ1) is 18.7. The minimum absolute atomic E-state index is 0.0489. The maximum Gasteiger partial charge on any atom is 0.355 e. The van der Waals surface area contributed by atoms with Crippen molar-refractivity contribution in [1.82, 2.24) is 9.30 Å². The first kappa shape index (κ1) is 28.1. The van der Waals surface area contributed by atoms with Crippen LogP contribution in [0.3, 0.4) is 0 Å². The predicted molar refractivity (Wildman–Crippen MR) is 156 cm³/mol. The molecule has 0 spiro atoms. The fourth-order valence-corrected chi connectivity index (χ4v) is 8.01. The molecule has 0 aliphatic carbocycles. The van der Waals surface area contributed by atoms with E-state index >= 15 is 0 Å². The van der Waals surface area contributed by atoms with Gasteiger partial charge in [-0.2, -0.15) is 4.40 Å². The van der Waals surface area contributed by atoms with Crippen LogP contribution in [0.1, 0.15) is 30.7 Å². The van der Waals surface area contributed by atoms with Crippen molar-refractivity contribution < 1.29 is 28.9 Å². The van der Waals surface area contributed by atoms with Gasteiger partial charge >= 0.3 is 5.97 Å². The third kappa shape index (κ3) is 4.87. The van der Waals surface area contributed by atoms with E-state index in [1.54, 1.807) is 42.2 Å². The Hall–Kier alpha value is -2.49. The third-order valence-electron chi connectivity index (χ3n) is 7.28. The maximum absolute atomic E-state index is 13.5. The van der Waals surface area contributed by atoms with E-state index in [1.807, 2.05) is 19.4 Å². The number of non-ortho nitro benzene ring substituents is 1. The molecule has 206 valence electrons. The molecule has 39 heavy (non-hydrogen) atoms. The smallest absolute Gasteiger partial charge is 0.355 e. The van der Waals surface area contributed by atoms with Crippen LogP contribution >= 0.6 is 45.7 Å². The number of hydrogen-bond acceptors (Lipinski definition) is 8. The Bertz CT molecular complexity index is 1480. The van der Waals surface area contributed by atoms with Crippen molar-refractivity contribution in [2.75, 3.05) is 10.7 Å². The van der Waals surface area contributed by atoms with Crippen LogP contribution in [0.4, 0.5) is 5.69 Å². The average Bonchev–Trinajstić information content (AvgIpc) is 3.52. The molecule has 1 amide bonds. The number of fused-ring (bicyclic) bond motifs is 2. The molecule has 1 fully saturated rings. The van der Waals surface area contributed by atoms with Crippen molar-refractivity contribution in [3.63, 3.8) is 0 Å². The lowest BCUT2D eigenvalue weighted by Crippen LogP contribution is -2.63. The van der Waals surface area contributed by atoms with Crippen molar-refractivity contribution >= 4 is 73.7 Å². The number of aromatic nitrogens is 2. The van der Waals surface area contributed by atoms with Crippen LogP contribution in [0.5, 0.6) is 0 Å². The van der Waals surface area contributed by atoms with Crippen LogP contribution in [-0.4, -0.2) is 54.0 Å². The minimum Gasteiger partial charge on any atom is -0.456 e. The molecule has 13 heteroatoms. The molecular weight excluding hydrogens is 655 g/mol. The van der Waals surface area contributed by atoms with E-state index < -0.39 is 22.9 Å². The number of nitrogens with zero attached hydrogens (tertiary/aromatic N) is 4. The number of amides is 1. The van der Waals surface area contributed by atoms with Gasteiger partial charge < -0.3 is 14.7 Å². The van der Waals surface area contributed by atoms with Crippen molar-refractivity contribution in [3.8, 4) is 0 Å². The number of aliphatic hydroxyl groups is 1. The number of β-lactam (4-membered cyclic amide) rings is 1. The van der Waals surface area contributed by atoms with E-state index in [-0.39, 0.29) is 35.9 Å². The number of alkyl halides is 1. The Morgan fingerprint density at radius 2 is 2.08 bits per heavy atom. The van der Waals surface area contributed by atoms with Crippen molar-refractivity contribution in [2.24, 2.45) is 11.8 Å². The van der Waals surface area contributed by atoms with Gasteiger partial charge in [-0.15, -0.1) is 0 Å². The van der Waals surface area contributed by atoms with Crippen LogP contribution in [-0.2, 0) is 27.5 Å². The van der Waals surface area contributed by atoms with E-state index in [4.69, 9.17) is 4.74 Å². The standard InChI is InChI=1S/C26H28IN4O6S2/c1-14-19(18-11-29-13-28(10-4-9-27)24(38-3)25(29)39-18)22(30-21(14)20(15(2)32)23(30)33)26(34)37-12-16-5-7-17(8-6-16)31(35)36/h5-8,11,13-15,20-21,32H,4,9-10,12H2,1-3H3/q+1/t14-,15+,20+,21+/m0/s1. The number of imidazole rings is 1. The monoisotopic (exact) mass is 683 g/mol. The largest absolute Gasteiger partial charge is 0.456 e. The fourth-order valence-electron chi connectivity index (χ4n) is 5.47. The number of carbonyl (C=O) groups is 2. The summed E-state index contributed by atoms with van der Waals surface area (Å²) in [5, 5.41) is 22.4. The first-order valence-corrected chi connectivity index (χ1v) is 16.0. The van der Waals surface area contributed by atoms with Crippen LogP contribution in [0.15, 0.2) is 47.5 Å². The molecule has 0 unspecified atom stereocenters. The van der Waals surface area contributed by atoms with E-state index in [9.17, 15) is 24.8 Å². The van der Waals surface area contributed by atoms with Gasteiger partial charge in [0.25, 0.3) is 12.0 Å². The number of thiazole rings is 1. The molecule has 10 nitrogen and oxygen atoms in total. The van der Waals surface area contributed by atoms with Gasteiger partial charge in [0, 0.05) is 28.1 Å². The van der Waals surface area contributed by atoms with Crippen LogP contribution < -0.4 is 4.57 Å². The molecule has 2 aromatic heterocycles. The molecule has 4 heterocycles.